The van der Waals surface area contributed by atoms with E-state index in [4.69, 9.17) is 5.73 Å². The molecule has 0 radical (unpaired) electrons. The van der Waals surface area contributed by atoms with Crippen LogP contribution in [0.3, 0.4) is 0 Å². The summed E-state index contributed by atoms with van der Waals surface area (Å²) >= 11 is 0. The molecule has 0 amide bonds. The van der Waals surface area contributed by atoms with E-state index >= 15 is 0 Å². The van der Waals surface area contributed by atoms with Gasteiger partial charge in [0, 0.05) is 30.2 Å². The molecule has 0 aromatic heterocycles. The Hall–Kier alpha value is -1.06. The summed E-state index contributed by atoms with van der Waals surface area (Å²) in [6, 6.07) is 9.32. The normalized spacial score (nSPS) is 25.2. The molecule has 110 valence electrons. The van der Waals surface area contributed by atoms with Crippen LogP contribution in [-0.4, -0.2) is 49.6 Å². The lowest BCUT2D eigenvalue weighted by Gasteiger charge is -2.31. The van der Waals surface area contributed by atoms with Crippen LogP contribution in [0.1, 0.15) is 31.2 Å². The molecule has 1 unspecified atom stereocenters. The molecule has 1 aliphatic heterocycles. The number of anilines is 1. The molecule has 1 saturated heterocycles. The largest absolute Gasteiger partial charge is 0.399 e. The zero-order valence-corrected chi connectivity index (χ0v) is 12.8. The minimum absolute atomic E-state index is 0.419. The number of benzene rings is 1. The van der Waals surface area contributed by atoms with Gasteiger partial charge in [0.2, 0.25) is 0 Å². The van der Waals surface area contributed by atoms with Gasteiger partial charge in [-0.3, -0.25) is 4.90 Å². The molecule has 20 heavy (non-hydrogen) atoms. The zero-order chi connectivity index (χ0) is 14.2. The van der Waals surface area contributed by atoms with Gasteiger partial charge in [-0.05, 0) is 64.0 Å². The lowest BCUT2D eigenvalue weighted by atomic mass is 9.94. The molecular formula is C17H27N3. The first-order chi connectivity index (χ1) is 9.59. The van der Waals surface area contributed by atoms with Crippen LogP contribution in [0.5, 0.6) is 0 Å². The molecule has 3 heteroatoms. The molecular weight excluding hydrogens is 246 g/mol. The molecule has 1 aromatic carbocycles. The van der Waals surface area contributed by atoms with E-state index in [1.165, 1.54) is 50.9 Å². The molecule has 1 heterocycles. The smallest absolute Gasteiger partial charge is 0.0314 e. The average molecular weight is 273 g/mol. The highest BCUT2D eigenvalue weighted by molar-refractivity contribution is 5.43. The Morgan fingerprint density at radius 3 is 2.55 bits per heavy atom. The maximum atomic E-state index is 5.81. The summed E-state index contributed by atoms with van der Waals surface area (Å²) in [5, 5.41) is 0. The maximum Gasteiger partial charge on any atom is 0.0314 e. The van der Waals surface area contributed by atoms with Crippen LogP contribution >= 0.6 is 0 Å². The van der Waals surface area contributed by atoms with Gasteiger partial charge in [0.1, 0.15) is 0 Å². The summed E-state index contributed by atoms with van der Waals surface area (Å²) < 4.78 is 0. The summed E-state index contributed by atoms with van der Waals surface area (Å²) in [6.07, 6.45) is 5.39. The zero-order valence-electron chi connectivity index (χ0n) is 12.8. The first kappa shape index (κ1) is 13.9. The Morgan fingerprint density at radius 1 is 1.25 bits per heavy atom. The SMILES string of the molecule is CN(C)CC1CCCN1CC1(c2ccc(N)cc2)CC1. The summed E-state index contributed by atoms with van der Waals surface area (Å²) in [4.78, 5) is 5.05. The first-order valence-electron chi connectivity index (χ1n) is 7.84. The molecule has 2 fully saturated rings. The van der Waals surface area contributed by atoms with Crippen LogP contribution in [0.2, 0.25) is 0 Å². The number of nitrogens with zero attached hydrogens (tertiary/aromatic N) is 2. The highest BCUT2D eigenvalue weighted by atomic mass is 15.2. The third-order valence-electron chi connectivity index (χ3n) is 4.96. The molecule has 0 spiro atoms. The number of likely N-dealkylation sites (tertiary alicyclic amines) is 1. The fourth-order valence-corrected chi connectivity index (χ4v) is 3.65. The highest BCUT2D eigenvalue weighted by Gasteiger charge is 2.46. The summed E-state index contributed by atoms with van der Waals surface area (Å²) in [5.74, 6) is 0. The van der Waals surface area contributed by atoms with Crippen molar-refractivity contribution in [2.24, 2.45) is 0 Å². The fourth-order valence-electron chi connectivity index (χ4n) is 3.65. The minimum Gasteiger partial charge on any atom is -0.399 e. The van der Waals surface area contributed by atoms with Gasteiger partial charge in [-0.25, -0.2) is 0 Å². The topological polar surface area (TPSA) is 32.5 Å². The molecule has 1 aliphatic carbocycles. The van der Waals surface area contributed by atoms with Crippen LogP contribution < -0.4 is 5.73 Å². The van der Waals surface area contributed by atoms with E-state index in [0.717, 1.165) is 11.7 Å². The average Bonchev–Trinajstić information content (AvgIpc) is 3.06. The van der Waals surface area contributed by atoms with Gasteiger partial charge in [0.25, 0.3) is 0 Å². The van der Waals surface area contributed by atoms with Crippen molar-refractivity contribution in [3.05, 3.63) is 29.8 Å². The van der Waals surface area contributed by atoms with Crippen LogP contribution in [0.4, 0.5) is 5.69 Å². The lowest BCUT2D eigenvalue weighted by Crippen LogP contribution is -2.41. The lowest BCUT2D eigenvalue weighted by molar-refractivity contribution is 0.192. The van der Waals surface area contributed by atoms with Crippen molar-refractivity contribution in [2.45, 2.75) is 37.1 Å². The number of hydrogen-bond acceptors (Lipinski definition) is 3. The summed E-state index contributed by atoms with van der Waals surface area (Å²) in [6.45, 7) is 3.70. The van der Waals surface area contributed by atoms with Crippen molar-refractivity contribution >= 4 is 5.69 Å². The second kappa shape index (κ2) is 5.38. The second-order valence-electron chi connectivity index (χ2n) is 6.93. The van der Waals surface area contributed by atoms with Gasteiger partial charge in [-0.15, -0.1) is 0 Å². The van der Waals surface area contributed by atoms with Crippen molar-refractivity contribution in [2.75, 3.05) is 39.5 Å². The van der Waals surface area contributed by atoms with Crippen LogP contribution in [0.15, 0.2) is 24.3 Å². The molecule has 0 bridgehead atoms. The Morgan fingerprint density at radius 2 is 1.95 bits per heavy atom. The van der Waals surface area contributed by atoms with Crippen molar-refractivity contribution in [3.63, 3.8) is 0 Å². The molecule has 3 nitrogen and oxygen atoms in total. The van der Waals surface area contributed by atoms with E-state index in [1.807, 2.05) is 0 Å². The van der Waals surface area contributed by atoms with Gasteiger partial charge in [-0.1, -0.05) is 12.1 Å². The van der Waals surface area contributed by atoms with E-state index in [0.29, 0.717) is 5.41 Å². The number of rotatable bonds is 5. The van der Waals surface area contributed by atoms with Gasteiger partial charge in [-0.2, -0.15) is 0 Å². The van der Waals surface area contributed by atoms with Gasteiger partial charge in [0.15, 0.2) is 0 Å². The third kappa shape index (κ3) is 2.84. The van der Waals surface area contributed by atoms with Gasteiger partial charge < -0.3 is 10.6 Å². The Balaban J connectivity index is 1.69. The molecule has 1 aromatic rings. The number of hydrogen-bond donors (Lipinski definition) is 1. The van der Waals surface area contributed by atoms with E-state index < -0.39 is 0 Å². The van der Waals surface area contributed by atoms with Crippen LogP contribution in [-0.2, 0) is 5.41 Å². The van der Waals surface area contributed by atoms with E-state index in [2.05, 4.69) is 48.2 Å². The standard InChI is InChI=1S/C17H27N3/c1-19(2)12-16-4-3-11-20(16)13-17(9-10-17)14-5-7-15(18)8-6-14/h5-8,16H,3-4,9-13,18H2,1-2H3. The van der Waals surface area contributed by atoms with Gasteiger partial charge in [0.05, 0.1) is 0 Å². The second-order valence-corrected chi connectivity index (χ2v) is 6.93. The van der Waals surface area contributed by atoms with Crippen molar-refractivity contribution < 1.29 is 0 Å². The quantitative estimate of drug-likeness (QED) is 0.836. The molecule has 1 saturated carbocycles. The first-order valence-corrected chi connectivity index (χ1v) is 7.84. The van der Waals surface area contributed by atoms with E-state index in [9.17, 15) is 0 Å². The van der Waals surface area contributed by atoms with Gasteiger partial charge >= 0.3 is 0 Å². The monoisotopic (exact) mass is 273 g/mol. The van der Waals surface area contributed by atoms with Crippen LogP contribution in [0, 0.1) is 0 Å². The van der Waals surface area contributed by atoms with E-state index in [-0.39, 0.29) is 0 Å². The number of nitrogen functional groups attached to an aromatic ring is 1. The summed E-state index contributed by atoms with van der Waals surface area (Å²) in [5.41, 5.74) is 8.59. The third-order valence-corrected chi connectivity index (χ3v) is 4.96. The van der Waals surface area contributed by atoms with Crippen molar-refractivity contribution in [1.82, 2.24) is 9.80 Å². The number of likely N-dealkylation sites (N-methyl/N-ethyl adjacent to an activating group) is 1. The fraction of sp³-hybridized carbons (Fsp3) is 0.647. The predicted molar refractivity (Wildman–Crippen MR) is 84.9 cm³/mol. The van der Waals surface area contributed by atoms with Crippen molar-refractivity contribution in [3.8, 4) is 0 Å². The molecule has 2 N–H and O–H groups in total. The Bertz CT molecular complexity index is 448. The molecule has 3 rings (SSSR count). The molecule has 1 atom stereocenters. The van der Waals surface area contributed by atoms with Crippen LogP contribution in [0.25, 0.3) is 0 Å². The minimum atomic E-state index is 0.419. The predicted octanol–water partition coefficient (Wildman–Crippen LogP) is 2.33. The van der Waals surface area contributed by atoms with Crippen molar-refractivity contribution in [1.29, 1.82) is 0 Å². The number of nitrogens with two attached hydrogens (primary N) is 1. The molecule has 2 aliphatic rings. The Kier molecular flexibility index (Phi) is 3.74. The maximum absolute atomic E-state index is 5.81. The Labute approximate surface area is 122 Å². The highest BCUT2D eigenvalue weighted by Crippen LogP contribution is 2.49. The van der Waals surface area contributed by atoms with E-state index in [1.54, 1.807) is 0 Å². The summed E-state index contributed by atoms with van der Waals surface area (Å²) in [7, 11) is 4.37.